The number of hydrogen-bond donors (Lipinski definition) is 0. The van der Waals surface area contributed by atoms with Crippen molar-refractivity contribution in [3.63, 3.8) is 0 Å². The van der Waals surface area contributed by atoms with Gasteiger partial charge in [0.25, 0.3) is 6.43 Å². The first-order valence-electron chi connectivity index (χ1n) is 6.28. The van der Waals surface area contributed by atoms with E-state index in [1.165, 1.54) is 0 Å². The molecule has 0 fully saturated rings. The summed E-state index contributed by atoms with van der Waals surface area (Å²) in [6, 6.07) is 7.22. The van der Waals surface area contributed by atoms with Crippen LogP contribution in [0.2, 0.25) is 0 Å². The van der Waals surface area contributed by atoms with Crippen molar-refractivity contribution in [2.75, 3.05) is 6.61 Å². The van der Waals surface area contributed by atoms with Crippen LogP contribution in [-0.2, 0) is 11.3 Å². The molecule has 0 amide bonds. The minimum absolute atomic E-state index is 0.124. The molecule has 7 heteroatoms. The van der Waals surface area contributed by atoms with Gasteiger partial charge in [-0.05, 0) is 24.6 Å². The summed E-state index contributed by atoms with van der Waals surface area (Å²) in [6.45, 7) is 1.90. The highest BCUT2D eigenvalue weighted by Gasteiger charge is 2.25. The third-order valence-corrected chi connectivity index (χ3v) is 3.36. The molecule has 1 aromatic carbocycles. The van der Waals surface area contributed by atoms with Gasteiger partial charge in [-0.25, -0.2) is 13.6 Å². The standard InChI is InChI=1S/C14H13BrF2N2O2/c1-2-21-14(20)11-7-18-19(12(11)13(16)17)8-9-3-5-10(15)6-4-9/h3-7,13H,2,8H2,1H3. The van der Waals surface area contributed by atoms with Gasteiger partial charge in [0.15, 0.2) is 0 Å². The Labute approximate surface area is 128 Å². The van der Waals surface area contributed by atoms with Gasteiger partial charge in [0.1, 0.15) is 11.3 Å². The smallest absolute Gasteiger partial charge is 0.341 e. The van der Waals surface area contributed by atoms with Gasteiger partial charge in [-0.2, -0.15) is 5.10 Å². The number of alkyl halides is 2. The summed E-state index contributed by atoms with van der Waals surface area (Å²) in [4.78, 5) is 11.7. The first-order valence-corrected chi connectivity index (χ1v) is 7.07. The molecular weight excluding hydrogens is 346 g/mol. The maximum absolute atomic E-state index is 13.2. The zero-order valence-electron chi connectivity index (χ0n) is 11.2. The molecule has 0 aliphatic heterocycles. The van der Waals surface area contributed by atoms with Crippen LogP contribution in [0.25, 0.3) is 0 Å². The van der Waals surface area contributed by atoms with E-state index in [0.29, 0.717) is 0 Å². The summed E-state index contributed by atoms with van der Waals surface area (Å²) < 4.78 is 33.2. The second kappa shape index (κ2) is 6.80. The van der Waals surface area contributed by atoms with Gasteiger partial charge in [-0.15, -0.1) is 0 Å². The van der Waals surface area contributed by atoms with Crippen molar-refractivity contribution in [1.82, 2.24) is 9.78 Å². The second-order valence-electron chi connectivity index (χ2n) is 4.25. The van der Waals surface area contributed by atoms with Gasteiger partial charge in [0.05, 0.1) is 19.3 Å². The molecule has 0 N–H and O–H groups in total. The second-order valence-corrected chi connectivity index (χ2v) is 5.16. The monoisotopic (exact) mass is 358 g/mol. The molecule has 4 nitrogen and oxygen atoms in total. The fourth-order valence-electron chi connectivity index (χ4n) is 1.88. The van der Waals surface area contributed by atoms with Crippen LogP contribution >= 0.6 is 15.9 Å². The Balaban J connectivity index is 2.31. The number of esters is 1. The zero-order chi connectivity index (χ0) is 15.4. The number of hydrogen-bond acceptors (Lipinski definition) is 3. The van der Waals surface area contributed by atoms with Crippen LogP contribution in [-0.4, -0.2) is 22.4 Å². The van der Waals surface area contributed by atoms with E-state index >= 15 is 0 Å². The van der Waals surface area contributed by atoms with Gasteiger partial charge >= 0.3 is 5.97 Å². The van der Waals surface area contributed by atoms with E-state index in [0.717, 1.165) is 20.9 Å². The number of carbonyl (C=O) groups is 1. The normalized spacial score (nSPS) is 10.9. The number of carbonyl (C=O) groups excluding carboxylic acids is 1. The van der Waals surface area contributed by atoms with Crippen LogP contribution in [0, 0.1) is 0 Å². The van der Waals surface area contributed by atoms with E-state index in [2.05, 4.69) is 21.0 Å². The summed E-state index contributed by atoms with van der Waals surface area (Å²) in [5, 5.41) is 3.88. The van der Waals surface area contributed by atoms with Gasteiger partial charge < -0.3 is 4.74 Å². The summed E-state index contributed by atoms with van der Waals surface area (Å²) in [7, 11) is 0. The third-order valence-electron chi connectivity index (χ3n) is 2.83. The van der Waals surface area contributed by atoms with Crippen LogP contribution < -0.4 is 0 Å². The maximum atomic E-state index is 13.2. The molecule has 1 heterocycles. The molecule has 0 bridgehead atoms. The quantitative estimate of drug-likeness (QED) is 0.763. The van der Waals surface area contributed by atoms with Crippen molar-refractivity contribution in [3.05, 3.63) is 51.8 Å². The Bertz CT molecular complexity index is 626. The lowest BCUT2D eigenvalue weighted by atomic mass is 10.2. The van der Waals surface area contributed by atoms with E-state index in [9.17, 15) is 13.6 Å². The first kappa shape index (κ1) is 15.6. The van der Waals surface area contributed by atoms with Gasteiger partial charge in [0.2, 0.25) is 0 Å². The molecule has 0 saturated carbocycles. The number of aromatic nitrogens is 2. The number of rotatable bonds is 5. The minimum atomic E-state index is -2.80. The number of halogens is 3. The van der Waals surface area contributed by atoms with Crippen molar-refractivity contribution in [1.29, 1.82) is 0 Å². The number of nitrogens with zero attached hydrogens (tertiary/aromatic N) is 2. The summed E-state index contributed by atoms with van der Waals surface area (Å²) in [5.41, 5.74) is 0.193. The fraction of sp³-hybridized carbons (Fsp3) is 0.286. The van der Waals surface area contributed by atoms with Crippen molar-refractivity contribution in [2.45, 2.75) is 19.9 Å². The minimum Gasteiger partial charge on any atom is -0.462 e. The molecule has 0 aliphatic rings. The Kier molecular flexibility index (Phi) is 5.06. The predicted molar refractivity (Wildman–Crippen MR) is 76.4 cm³/mol. The lowest BCUT2D eigenvalue weighted by Crippen LogP contribution is -2.11. The molecule has 0 unspecified atom stereocenters. The van der Waals surface area contributed by atoms with Crippen molar-refractivity contribution >= 4 is 21.9 Å². The van der Waals surface area contributed by atoms with Crippen molar-refractivity contribution in [2.24, 2.45) is 0 Å². The molecule has 0 saturated heterocycles. The van der Waals surface area contributed by atoms with Gasteiger partial charge in [0, 0.05) is 4.47 Å². The third kappa shape index (κ3) is 3.66. The first-order chi connectivity index (χ1) is 10.0. The maximum Gasteiger partial charge on any atom is 0.341 e. The van der Waals surface area contributed by atoms with E-state index in [4.69, 9.17) is 4.74 Å². The molecule has 112 valence electrons. The molecule has 21 heavy (non-hydrogen) atoms. The molecule has 0 radical (unpaired) electrons. The van der Waals surface area contributed by atoms with E-state index in [1.54, 1.807) is 19.1 Å². The molecule has 2 rings (SSSR count). The number of ether oxygens (including phenoxy) is 1. The van der Waals surface area contributed by atoms with Crippen molar-refractivity contribution < 1.29 is 18.3 Å². The van der Waals surface area contributed by atoms with Crippen LogP contribution in [0.5, 0.6) is 0 Å². The van der Waals surface area contributed by atoms with Gasteiger partial charge in [-0.3, -0.25) is 4.68 Å². The van der Waals surface area contributed by atoms with Crippen LogP contribution in [0.4, 0.5) is 8.78 Å². The van der Waals surface area contributed by atoms with E-state index in [1.807, 2.05) is 12.1 Å². The Morgan fingerprint density at radius 1 is 1.38 bits per heavy atom. The van der Waals surface area contributed by atoms with E-state index < -0.39 is 18.1 Å². The largest absolute Gasteiger partial charge is 0.462 e. The number of benzene rings is 1. The topological polar surface area (TPSA) is 44.1 Å². The zero-order valence-corrected chi connectivity index (χ0v) is 12.8. The summed E-state index contributed by atoms with van der Waals surface area (Å²) in [6.07, 6.45) is -1.68. The van der Waals surface area contributed by atoms with Gasteiger partial charge in [-0.1, -0.05) is 28.1 Å². The van der Waals surface area contributed by atoms with E-state index in [-0.39, 0.29) is 18.7 Å². The average Bonchev–Trinajstić information content (AvgIpc) is 2.85. The highest BCUT2D eigenvalue weighted by Crippen LogP contribution is 2.24. The average molecular weight is 359 g/mol. The Hall–Kier alpha value is -1.76. The highest BCUT2D eigenvalue weighted by molar-refractivity contribution is 9.10. The fourth-order valence-corrected chi connectivity index (χ4v) is 2.14. The Morgan fingerprint density at radius 2 is 2.05 bits per heavy atom. The molecule has 0 spiro atoms. The lowest BCUT2D eigenvalue weighted by Gasteiger charge is -2.09. The summed E-state index contributed by atoms with van der Waals surface area (Å²) in [5.74, 6) is -0.783. The summed E-state index contributed by atoms with van der Waals surface area (Å²) >= 11 is 3.31. The van der Waals surface area contributed by atoms with Crippen molar-refractivity contribution in [3.8, 4) is 0 Å². The molecule has 2 aromatic rings. The van der Waals surface area contributed by atoms with Crippen LogP contribution in [0.3, 0.4) is 0 Å². The molecule has 0 aliphatic carbocycles. The predicted octanol–water partition coefficient (Wildman–Crippen LogP) is 3.81. The molecular formula is C14H13BrF2N2O2. The molecule has 0 atom stereocenters. The van der Waals surface area contributed by atoms with Crippen LogP contribution in [0.1, 0.15) is 35.0 Å². The van der Waals surface area contributed by atoms with Crippen LogP contribution in [0.15, 0.2) is 34.9 Å². The lowest BCUT2D eigenvalue weighted by molar-refractivity contribution is 0.0513. The molecule has 1 aromatic heterocycles. The highest BCUT2D eigenvalue weighted by atomic mass is 79.9. The Morgan fingerprint density at radius 3 is 2.62 bits per heavy atom. The SMILES string of the molecule is CCOC(=O)c1cnn(Cc2ccc(Br)cc2)c1C(F)F.